The van der Waals surface area contributed by atoms with E-state index in [2.05, 4.69) is 18.7 Å². The molecule has 1 amide bonds. The molecule has 0 aliphatic carbocycles. The molecule has 0 spiro atoms. The first-order chi connectivity index (χ1) is 6.74. The van der Waals surface area contributed by atoms with Gasteiger partial charge in [-0.05, 0) is 25.2 Å². The lowest BCUT2D eigenvalue weighted by Crippen LogP contribution is -2.37. The Kier molecular flexibility index (Phi) is 4.99. The predicted octanol–water partition coefficient (Wildman–Crippen LogP) is 2.83. The van der Waals surface area contributed by atoms with Crippen LogP contribution in [0, 0.1) is 5.92 Å². The van der Waals surface area contributed by atoms with Crippen molar-refractivity contribution in [1.82, 2.24) is 4.90 Å². The first-order valence-corrected chi connectivity index (χ1v) is 6.01. The zero-order valence-electron chi connectivity index (χ0n) is 9.59. The Morgan fingerprint density at radius 2 is 1.93 bits per heavy atom. The van der Waals surface area contributed by atoms with E-state index in [-0.39, 0.29) is 0 Å². The molecular weight excluding hydrogens is 174 g/mol. The number of rotatable bonds is 4. The maximum atomic E-state index is 11.7. The highest BCUT2D eigenvalue weighted by Gasteiger charge is 2.19. The zero-order chi connectivity index (χ0) is 10.4. The Labute approximate surface area is 87.7 Å². The molecule has 1 aliphatic heterocycles. The van der Waals surface area contributed by atoms with Crippen molar-refractivity contribution >= 4 is 5.91 Å². The van der Waals surface area contributed by atoms with Crippen LogP contribution in [0.2, 0.25) is 0 Å². The van der Waals surface area contributed by atoms with Crippen molar-refractivity contribution in [3.05, 3.63) is 0 Å². The Balaban J connectivity index is 2.17. The Bertz CT molecular complexity index is 171. The third kappa shape index (κ3) is 3.69. The molecule has 2 heteroatoms. The van der Waals surface area contributed by atoms with Gasteiger partial charge < -0.3 is 4.90 Å². The molecular formula is C12H23NO. The van der Waals surface area contributed by atoms with E-state index in [1.807, 2.05) is 0 Å². The summed E-state index contributed by atoms with van der Waals surface area (Å²) in [6.45, 7) is 6.43. The maximum absolute atomic E-state index is 11.7. The number of nitrogens with zero attached hydrogens (tertiary/aromatic N) is 1. The lowest BCUT2D eigenvalue weighted by molar-refractivity contribution is -0.132. The van der Waals surface area contributed by atoms with Crippen LogP contribution in [-0.2, 0) is 4.79 Å². The summed E-state index contributed by atoms with van der Waals surface area (Å²) in [5.41, 5.74) is 0. The second-order valence-corrected chi connectivity index (χ2v) is 4.52. The topological polar surface area (TPSA) is 20.3 Å². The van der Waals surface area contributed by atoms with E-state index in [9.17, 15) is 4.79 Å². The summed E-state index contributed by atoms with van der Waals surface area (Å²) in [6, 6.07) is 0. The highest BCUT2D eigenvalue weighted by Crippen LogP contribution is 2.17. The van der Waals surface area contributed by atoms with Crippen LogP contribution in [0.25, 0.3) is 0 Å². The molecule has 82 valence electrons. The SMILES string of the molecule is CCCCCC(=O)N1CCC(C)CC1. The predicted molar refractivity (Wildman–Crippen MR) is 59.1 cm³/mol. The quantitative estimate of drug-likeness (QED) is 0.635. The smallest absolute Gasteiger partial charge is 0.222 e. The second-order valence-electron chi connectivity index (χ2n) is 4.52. The van der Waals surface area contributed by atoms with Crippen molar-refractivity contribution in [3.8, 4) is 0 Å². The Morgan fingerprint density at radius 1 is 1.29 bits per heavy atom. The first kappa shape index (κ1) is 11.5. The minimum atomic E-state index is 0.380. The van der Waals surface area contributed by atoms with E-state index in [1.165, 1.54) is 25.7 Å². The Morgan fingerprint density at radius 3 is 2.50 bits per heavy atom. The van der Waals surface area contributed by atoms with Crippen LogP contribution in [0.15, 0.2) is 0 Å². The summed E-state index contributed by atoms with van der Waals surface area (Å²) < 4.78 is 0. The van der Waals surface area contributed by atoms with Crippen molar-refractivity contribution in [2.24, 2.45) is 5.92 Å². The van der Waals surface area contributed by atoms with Gasteiger partial charge in [0.2, 0.25) is 5.91 Å². The fourth-order valence-electron chi connectivity index (χ4n) is 1.94. The van der Waals surface area contributed by atoms with Gasteiger partial charge in [0, 0.05) is 19.5 Å². The lowest BCUT2D eigenvalue weighted by atomic mass is 9.99. The van der Waals surface area contributed by atoms with Crippen LogP contribution in [0.5, 0.6) is 0 Å². The fraction of sp³-hybridized carbons (Fsp3) is 0.917. The van der Waals surface area contributed by atoms with E-state index in [4.69, 9.17) is 0 Å². The van der Waals surface area contributed by atoms with E-state index < -0.39 is 0 Å². The molecule has 0 aromatic rings. The van der Waals surface area contributed by atoms with E-state index in [0.29, 0.717) is 5.91 Å². The van der Waals surface area contributed by atoms with Gasteiger partial charge in [-0.1, -0.05) is 26.7 Å². The third-order valence-corrected chi connectivity index (χ3v) is 3.13. The first-order valence-electron chi connectivity index (χ1n) is 6.01. The summed E-state index contributed by atoms with van der Waals surface area (Å²) in [4.78, 5) is 13.8. The Hall–Kier alpha value is -0.530. The number of hydrogen-bond acceptors (Lipinski definition) is 1. The fourth-order valence-corrected chi connectivity index (χ4v) is 1.94. The molecule has 0 bridgehead atoms. The molecule has 0 aromatic heterocycles. The van der Waals surface area contributed by atoms with Gasteiger partial charge in [0.05, 0.1) is 0 Å². The van der Waals surface area contributed by atoms with Crippen molar-refractivity contribution < 1.29 is 4.79 Å². The molecule has 14 heavy (non-hydrogen) atoms. The van der Waals surface area contributed by atoms with Crippen LogP contribution in [0.1, 0.15) is 52.4 Å². The number of likely N-dealkylation sites (tertiary alicyclic amines) is 1. The van der Waals surface area contributed by atoms with Crippen molar-refractivity contribution in [1.29, 1.82) is 0 Å². The molecule has 0 N–H and O–H groups in total. The molecule has 1 fully saturated rings. The van der Waals surface area contributed by atoms with Gasteiger partial charge in [-0.2, -0.15) is 0 Å². The maximum Gasteiger partial charge on any atom is 0.222 e. The molecule has 1 heterocycles. The molecule has 1 saturated heterocycles. The molecule has 2 nitrogen and oxygen atoms in total. The van der Waals surface area contributed by atoms with Crippen LogP contribution < -0.4 is 0 Å². The summed E-state index contributed by atoms with van der Waals surface area (Å²) >= 11 is 0. The number of carbonyl (C=O) groups excluding carboxylic acids is 1. The minimum Gasteiger partial charge on any atom is -0.343 e. The van der Waals surface area contributed by atoms with Crippen LogP contribution in [0.3, 0.4) is 0 Å². The third-order valence-electron chi connectivity index (χ3n) is 3.13. The van der Waals surface area contributed by atoms with E-state index in [0.717, 1.165) is 31.8 Å². The van der Waals surface area contributed by atoms with Gasteiger partial charge in [-0.15, -0.1) is 0 Å². The van der Waals surface area contributed by atoms with Gasteiger partial charge in [0.15, 0.2) is 0 Å². The lowest BCUT2D eigenvalue weighted by Gasteiger charge is -2.30. The number of piperidine rings is 1. The summed E-state index contributed by atoms with van der Waals surface area (Å²) in [7, 11) is 0. The molecule has 0 unspecified atom stereocenters. The van der Waals surface area contributed by atoms with Crippen molar-refractivity contribution in [3.63, 3.8) is 0 Å². The normalized spacial score (nSPS) is 18.6. The molecule has 0 saturated carbocycles. The molecule has 0 radical (unpaired) electrons. The number of amides is 1. The summed E-state index contributed by atoms with van der Waals surface area (Å²) in [5.74, 6) is 1.19. The second kappa shape index (κ2) is 6.05. The van der Waals surface area contributed by atoms with Crippen LogP contribution in [-0.4, -0.2) is 23.9 Å². The van der Waals surface area contributed by atoms with Crippen molar-refractivity contribution in [2.75, 3.05) is 13.1 Å². The van der Waals surface area contributed by atoms with E-state index >= 15 is 0 Å². The number of hydrogen-bond donors (Lipinski definition) is 0. The molecule has 1 rings (SSSR count). The molecule has 0 aromatic carbocycles. The molecule has 0 atom stereocenters. The minimum absolute atomic E-state index is 0.380. The van der Waals surface area contributed by atoms with Gasteiger partial charge in [0.1, 0.15) is 0 Å². The van der Waals surface area contributed by atoms with Gasteiger partial charge in [-0.3, -0.25) is 4.79 Å². The number of unbranched alkanes of at least 4 members (excludes halogenated alkanes) is 2. The van der Waals surface area contributed by atoms with E-state index in [1.54, 1.807) is 0 Å². The van der Waals surface area contributed by atoms with Gasteiger partial charge in [-0.25, -0.2) is 0 Å². The number of carbonyl (C=O) groups is 1. The van der Waals surface area contributed by atoms with Gasteiger partial charge >= 0.3 is 0 Å². The zero-order valence-corrected chi connectivity index (χ0v) is 9.59. The summed E-state index contributed by atoms with van der Waals surface area (Å²) in [5, 5.41) is 0. The highest BCUT2D eigenvalue weighted by molar-refractivity contribution is 5.76. The van der Waals surface area contributed by atoms with Crippen LogP contribution in [0.4, 0.5) is 0 Å². The average molecular weight is 197 g/mol. The average Bonchev–Trinajstić information content (AvgIpc) is 2.19. The highest BCUT2D eigenvalue weighted by atomic mass is 16.2. The standard InChI is InChI=1S/C12H23NO/c1-3-4-5-6-12(14)13-9-7-11(2)8-10-13/h11H,3-10H2,1-2H3. The van der Waals surface area contributed by atoms with Gasteiger partial charge in [0.25, 0.3) is 0 Å². The summed E-state index contributed by atoms with van der Waals surface area (Å²) in [6.07, 6.45) is 6.61. The molecule has 1 aliphatic rings. The largest absolute Gasteiger partial charge is 0.343 e. The van der Waals surface area contributed by atoms with Crippen molar-refractivity contribution in [2.45, 2.75) is 52.4 Å². The van der Waals surface area contributed by atoms with Crippen LogP contribution >= 0.6 is 0 Å². The monoisotopic (exact) mass is 197 g/mol.